The normalized spacial score (nSPS) is 15.3. The lowest BCUT2D eigenvalue weighted by atomic mass is 10.1. The van der Waals surface area contributed by atoms with E-state index in [-0.39, 0.29) is 5.91 Å². The fourth-order valence-corrected chi connectivity index (χ4v) is 4.54. The molecule has 5 heteroatoms. The standard InChI is InChI=1S/C22H37N3OS/c1-4-10-24(11-5-2)12-6-7-22(26)23-21-17-20(9-8-19(21)3)18-25-13-15-27-16-14-25/h8-9,17H,4-7,10-16,18H2,1-3H3,(H,23,26). The Morgan fingerprint density at radius 2 is 1.85 bits per heavy atom. The van der Waals surface area contributed by atoms with E-state index in [9.17, 15) is 4.79 Å². The van der Waals surface area contributed by atoms with Crippen LogP contribution in [-0.2, 0) is 11.3 Å². The topological polar surface area (TPSA) is 35.6 Å². The molecule has 0 spiro atoms. The summed E-state index contributed by atoms with van der Waals surface area (Å²) in [6.45, 7) is 13.1. The second-order valence-corrected chi connectivity index (χ2v) is 8.76. The molecule has 1 aromatic carbocycles. The number of carbonyl (C=O) groups is 1. The molecule has 0 bridgehead atoms. The third kappa shape index (κ3) is 8.24. The van der Waals surface area contributed by atoms with Gasteiger partial charge in [0.25, 0.3) is 0 Å². The van der Waals surface area contributed by atoms with Crippen molar-refractivity contribution < 1.29 is 4.79 Å². The highest BCUT2D eigenvalue weighted by atomic mass is 32.2. The minimum Gasteiger partial charge on any atom is -0.326 e. The van der Waals surface area contributed by atoms with Gasteiger partial charge in [-0.3, -0.25) is 9.69 Å². The number of nitrogens with one attached hydrogen (secondary N) is 1. The molecule has 1 heterocycles. The predicted molar refractivity (Wildman–Crippen MR) is 119 cm³/mol. The van der Waals surface area contributed by atoms with Gasteiger partial charge in [-0.25, -0.2) is 0 Å². The van der Waals surface area contributed by atoms with Gasteiger partial charge in [0.15, 0.2) is 0 Å². The molecule has 4 nitrogen and oxygen atoms in total. The van der Waals surface area contributed by atoms with Crippen molar-refractivity contribution in [3.05, 3.63) is 29.3 Å². The van der Waals surface area contributed by atoms with Gasteiger partial charge in [-0.15, -0.1) is 0 Å². The Morgan fingerprint density at radius 1 is 1.15 bits per heavy atom. The molecule has 1 N–H and O–H groups in total. The van der Waals surface area contributed by atoms with Crippen molar-refractivity contribution in [1.29, 1.82) is 0 Å². The highest BCUT2D eigenvalue weighted by molar-refractivity contribution is 7.99. The van der Waals surface area contributed by atoms with E-state index in [0.29, 0.717) is 6.42 Å². The Balaban J connectivity index is 1.82. The van der Waals surface area contributed by atoms with Crippen LogP contribution in [0.15, 0.2) is 18.2 Å². The molecular formula is C22H37N3OS. The molecule has 1 aliphatic heterocycles. The van der Waals surface area contributed by atoms with E-state index in [4.69, 9.17) is 0 Å². The van der Waals surface area contributed by atoms with Gasteiger partial charge in [-0.05, 0) is 63.0 Å². The summed E-state index contributed by atoms with van der Waals surface area (Å²) < 4.78 is 0. The molecule has 1 fully saturated rings. The summed E-state index contributed by atoms with van der Waals surface area (Å²) in [6.07, 6.45) is 3.87. The molecule has 0 saturated carbocycles. The maximum atomic E-state index is 12.4. The van der Waals surface area contributed by atoms with Crippen LogP contribution in [0.25, 0.3) is 0 Å². The number of hydrogen-bond acceptors (Lipinski definition) is 4. The van der Waals surface area contributed by atoms with Gasteiger partial charge in [-0.1, -0.05) is 26.0 Å². The monoisotopic (exact) mass is 391 g/mol. The highest BCUT2D eigenvalue weighted by Gasteiger charge is 2.12. The second-order valence-electron chi connectivity index (χ2n) is 7.53. The van der Waals surface area contributed by atoms with Gasteiger partial charge in [0.2, 0.25) is 5.91 Å². The van der Waals surface area contributed by atoms with Crippen molar-refractivity contribution in [2.75, 3.05) is 49.5 Å². The number of hydrogen-bond donors (Lipinski definition) is 1. The predicted octanol–water partition coefficient (Wildman–Crippen LogP) is 4.38. The van der Waals surface area contributed by atoms with Crippen molar-refractivity contribution in [2.24, 2.45) is 0 Å². The van der Waals surface area contributed by atoms with Crippen molar-refractivity contribution in [2.45, 2.75) is 53.0 Å². The Hall–Kier alpha value is -1.04. The zero-order chi connectivity index (χ0) is 19.5. The molecule has 2 rings (SSSR count). The van der Waals surface area contributed by atoms with E-state index in [1.165, 1.54) is 29.9 Å². The molecule has 0 aliphatic carbocycles. The second kappa shape index (κ2) is 12.4. The van der Waals surface area contributed by atoms with Crippen LogP contribution in [0.3, 0.4) is 0 Å². The molecule has 1 saturated heterocycles. The van der Waals surface area contributed by atoms with Crippen LogP contribution >= 0.6 is 11.8 Å². The minimum atomic E-state index is 0.137. The summed E-state index contributed by atoms with van der Waals surface area (Å²) in [5, 5.41) is 3.15. The summed E-state index contributed by atoms with van der Waals surface area (Å²) in [6, 6.07) is 6.49. The molecule has 0 atom stereocenters. The number of carbonyl (C=O) groups excluding carboxylic acids is 1. The van der Waals surface area contributed by atoms with Crippen LogP contribution in [0.4, 0.5) is 5.69 Å². The van der Waals surface area contributed by atoms with Gasteiger partial charge in [0.05, 0.1) is 0 Å². The molecule has 1 aliphatic rings. The van der Waals surface area contributed by atoms with Gasteiger partial charge in [-0.2, -0.15) is 11.8 Å². The molecule has 1 aromatic rings. The Morgan fingerprint density at radius 3 is 2.52 bits per heavy atom. The lowest BCUT2D eigenvalue weighted by molar-refractivity contribution is -0.116. The Kier molecular flexibility index (Phi) is 10.2. The van der Waals surface area contributed by atoms with Crippen LogP contribution in [0.2, 0.25) is 0 Å². The fraction of sp³-hybridized carbons (Fsp3) is 0.682. The molecule has 152 valence electrons. The lowest BCUT2D eigenvalue weighted by Crippen LogP contribution is -2.32. The molecular weight excluding hydrogens is 354 g/mol. The van der Waals surface area contributed by atoms with Gasteiger partial charge in [0, 0.05) is 43.2 Å². The summed E-state index contributed by atoms with van der Waals surface area (Å²) in [5.74, 6) is 2.59. The summed E-state index contributed by atoms with van der Waals surface area (Å²) in [5.41, 5.74) is 3.41. The number of thioether (sulfide) groups is 1. The highest BCUT2D eigenvalue weighted by Crippen LogP contribution is 2.20. The Bertz CT molecular complexity index is 567. The number of rotatable bonds is 11. The number of aryl methyl sites for hydroxylation is 1. The number of anilines is 1. The van der Waals surface area contributed by atoms with Crippen LogP contribution in [0, 0.1) is 6.92 Å². The SMILES string of the molecule is CCCN(CCC)CCCC(=O)Nc1cc(CN2CCSCC2)ccc1C. The number of nitrogens with zero attached hydrogens (tertiary/aromatic N) is 2. The smallest absolute Gasteiger partial charge is 0.224 e. The molecule has 1 amide bonds. The quantitative estimate of drug-likeness (QED) is 0.607. The van der Waals surface area contributed by atoms with E-state index >= 15 is 0 Å². The van der Waals surface area contributed by atoms with E-state index in [1.54, 1.807) is 0 Å². The zero-order valence-electron chi connectivity index (χ0n) is 17.4. The van der Waals surface area contributed by atoms with Gasteiger partial charge < -0.3 is 10.2 Å². The van der Waals surface area contributed by atoms with E-state index in [1.807, 2.05) is 11.8 Å². The summed E-state index contributed by atoms with van der Waals surface area (Å²) >= 11 is 2.04. The lowest BCUT2D eigenvalue weighted by Gasteiger charge is -2.26. The average molecular weight is 392 g/mol. The summed E-state index contributed by atoms with van der Waals surface area (Å²) in [4.78, 5) is 17.4. The maximum Gasteiger partial charge on any atom is 0.224 e. The van der Waals surface area contributed by atoms with Crippen molar-refractivity contribution in [3.63, 3.8) is 0 Å². The van der Waals surface area contributed by atoms with Crippen LogP contribution < -0.4 is 5.32 Å². The first-order valence-electron chi connectivity index (χ1n) is 10.5. The maximum absolute atomic E-state index is 12.4. The molecule has 27 heavy (non-hydrogen) atoms. The molecule has 0 aromatic heterocycles. The van der Waals surface area contributed by atoms with E-state index in [0.717, 1.165) is 56.9 Å². The van der Waals surface area contributed by atoms with Crippen LogP contribution in [0.5, 0.6) is 0 Å². The first-order valence-corrected chi connectivity index (χ1v) is 11.7. The van der Waals surface area contributed by atoms with E-state index in [2.05, 4.69) is 54.1 Å². The van der Waals surface area contributed by atoms with E-state index < -0.39 is 0 Å². The van der Waals surface area contributed by atoms with Crippen molar-refractivity contribution in [1.82, 2.24) is 9.80 Å². The van der Waals surface area contributed by atoms with Crippen LogP contribution in [-0.4, -0.2) is 59.9 Å². The number of benzene rings is 1. The fourth-order valence-electron chi connectivity index (χ4n) is 3.56. The van der Waals surface area contributed by atoms with Gasteiger partial charge >= 0.3 is 0 Å². The van der Waals surface area contributed by atoms with Crippen molar-refractivity contribution >= 4 is 23.4 Å². The summed E-state index contributed by atoms with van der Waals surface area (Å²) in [7, 11) is 0. The largest absolute Gasteiger partial charge is 0.326 e. The first-order chi connectivity index (χ1) is 13.1. The zero-order valence-corrected chi connectivity index (χ0v) is 18.2. The molecule has 0 unspecified atom stereocenters. The minimum absolute atomic E-state index is 0.137. The van der Waals surface area contributed by atoms with Crippen molar-refractivity contribution in [3.8, 4) is 0 Å². The van der Waals surface area contributed by atoms with Gasteiger partial charge in [0.1, 0.15) is 0 Å². The van der Waals surface area contributed by atoms with Crippen LogP contribution in [0.1, 0.15) is 50.7 Å². The first kappa shape index (κ1) is 22.3. The number of amides is 1. The average Bonchev–Trinajstić information content (AvgIpc) is 2.66. The Labute approximate surface area is 170 Å². The third-order valence-electron chi connectivity index (χ3n) is 5.04. The third-order valence-corrected chi connectivity index (χ3v) is 5.99. The molecule has 0 radical (unpaired) electrons.